The molecule has 3 rings (SSSR count). The van der Waals surface area contributed by atoms with E-state index in [1.54, 1.807) is 18.2 Å². The number of amides is 1. The summed E-state index contributed by atoms with van der Waals surface area (Å²) >= 11 is 5.96. The highest BCUT2D eigenvalue weighted by molar-refractivity contribution is 6.30. The number of halogens is 4. The molecule has 132 valence electrons. The molecule has 2 aromatic rings. The van der Waals surface area contributed by atoms with E-state index in [0.29, 0.717) is 11.4 Å². The fourth-order valence-corrected chi connectivity index (χ4v) is 2.93. The van der Waals surface area contributed by atoms with Crippen molar-refractivity contribution in [1.29, 1.82) is 0 Å². The minimum absolute atomic E-state index is 0.160. The Hall–Kier alpha value is -2.09. The molecule has 1 saturated heterocycles. The minimum atomic E-state index is -4.53. The third kappa shape index (κ3) is 4.12. The lowest BCUT2D eigenvalue weighted by atomic mass is 10.0. The predicted molar refractivity (Wildman–Crippen MR) is 88.9 cm³/mol. The van der Waals surface area contributed by atoms with Gasteiger partial charge < -0.3 is 5.32 Å². The maximum Gasteiger partial charge on any atom is 0.418 e. The van der Waals surface area contributed by atoms with Crippen molar-refractivity contribution in [3.05, 3.63) is 64.7 Å². The smallest absolute Gasteiger partial charge is 0.324 e. The van der Waals surface area contributed by atoms with E-state index in [2.05, 4.69) is 16.2 Å². The van der Waals surface area contributed by atoms with Gasteiger partial charge in [-0.2, -0.15) is 13.2 Å². The zero-order valence-corrected chi connectivity index (χ0v) is 13.7. The van der Waals surface area contributed by atoms with E-state index in [1.165, 1.54) is 18.2 Å². The highest BCUT2D eigenvalue weighted by atomic mass is 35.5. The molecule has 1 fully saturated rings. The van der Waals surface area contributed by atoms with Crippen LogP contribution < -0.4 is 16.2 Å². The first-order valence-corrected chi connectivity index (χ1v) is 7.96. The van der Waals surface area contributed by atoms with Crippen molar-refractivity contribution >= 4 is 23.2 Å². The van der Waals surface area contributed by atoms with Gasteiger partial charge in [-0.1, -0.05) is 35.9 Å². The molecule has 0 radical (unpaired) electrons. The summed E-state index contributed by atoms with van der Waals surface area (Å²) in [6, 6.07) is 11.3. The second-order valence-corrected chi connectivity index (χ2v) is 6.15. The molecule has 2 unspecified atom stereocenters. The summed E-state index contributed by atoms with van der Waals surface area (Å²) in [6.07, 6.45) is -4.14. The van der Waals surface area contributed by atoms with Crippen LogP contribution in [0.15, 0.2) is 48.5 Å². The van der Waals surface area contributed by atoms with Gasteiger partial charge in [-0.3, -0.25) is 4.79 Å². The van der Waals surface area contributed by atoms with Gasteiger partial charge in [0.15, 0.2) is 0 Å². The number of carbonyl (C=O) groups excluding carboxylic acids is 1. The van der Waals surface area contributed by atoms with Crippen LogP contribution in [0.3, 0.4) is 0 Å². The topological polar surface area (TPSA) is 53.2 Å². The number of hydrogen-bond donors (Lipinski definition) is 3. The number of anilines is 1. The number of alkyl halides is 3. The SMILES string of the molecule is O=C(Nc1ccccc1C(F)(F)F)C1CC(c2cccc(Cl)c2)NN1. The van der Waals surface area contributed by atoms with Gasteiger partial charge in [-0.15, -0.1) is 0 Å². The second kappa shape index (κ2) is 7.03. The summed E-state index contributed by atoms with van der Waals surface area (Å²) < 4.78 is 39.0. The molecule has 0 spiro atoms. The molecule has 1 heterocycles. The minimum Gasteiger partial charge on any atom is -0.324 e. The Bertz CT molecular complexity index is 782. The van der Waals surface area contributed by atoms with Crippen LogP contribution in [0.5, 0.6) is 0 Å². The number of benzene rings is 2. The van der Waals surface area contributed by atoms with Crippen LogP contribution in [0.25, 0.3) is 0 Å². The quantitative estimate of drug-likeness (QED) is 0.769. The van der Waals surface area contributed by atoms with Crippen molar-refractivity contribution in [3.8, 4) is 0 Å². The van der Waals surface area contributed by atoms with Crippen LogP contribution in [0.2, 0.25) is 5.02 Å². The zero-order chi connectivity index (χ0) is 18.0. The third-order valence-corrected chi connectivity index (χ3v) is 4.20. The van der Waals surface area contributed by atoms with Gasteiger partial charge in [-0.05, 0) is 36.2 Å². The zero-order valence-electron chi connectivity index (χ0n) is 12.9. The van der Waals surface area contributed by atoms with Crippen LogP contribution in [0, 0.1) is 0 Å². The van der Waals surface area contributed by atoms with Crippen LogP contribution in [-0.4, -0.2) is 11.9 Å². The Morgan fingerprint density at radius 1 is 1.12 bits per heavy atom. The summed E-state index contributed by atoms with van der Waals surface area (Å²) in [5.41, 5.74) is 5.55. The average Bonchev–Trinajstić information content (AvgIpc) is 3.04. The average molecular weight is 370 g/mol. The Morgan fingerprint density at radius 2 is 1.88 bits per heavy atom. The molecule has 1 amide bonds. The second-order valence-electron chi connectivity index (χ2n) is 5.72. The van der Waals surface area contributed by atoms with E-state index in [9.17, 15) is 18.0 Å². The summed E-state index contributed by atoms with van der Waals surface area (Å²) in [7, 11) is 0. The van der Waals surface area contributed by atoms with E-state index in [1.807, 2.05) is 6.07 Å². The van der Waals surface area contributed by atoms with Crippen LogP contribution in [-0.2, 0) is 11.0 Å². The number of para-hydroxylation sites is 1. The van der Waals surface area contributed by atoms with E-state index in [0.717, 1.165) is 11.6 Å². The van der Waals surface area contributed by atoms with Crippen LogP contribution >= 0.6 is 11.6 Å². The van der Waals surface area contributed by atoms with E-state index in [4.69, 9.17) is 11.6 Å². The van der Waals surface area contributed by atoms with Crippen molar-refractivity contribution in [2.75, 3.05) is 5.32 Å². The predicted octanol–water partition coefficient (Wildman–Crippen LogP) is 3.91. The molecule has 0 aliphatic carbocycles. The Morgan fingerprint density at radius 3 is 2.60 bits per heavy atom. The Balaban J connectivity index is 1.70. The fraction of sp³-hybridized carbons (Fsp3) is 0.235. The highest BCUT2D eigenvalue weighted by Gasteiger charge is 2.35. The van der Waals surface area contributed by atoms with Gasteiger partial charge in [0.05, 0.1) is 11.3 Å². The number of hydrazine groups is 1. The van der Waals surface area contributed by atoms with Crippen molar-refractivity contribution < 1.29 is 18.0 Å². The number of carbonyl (C=O) groups is 1. The number of hydrogen-bond acceptors (Lipinski definition) is 3. The highest BCUT2D eigenvalue weighted by Crippen LogP contribution is 2.35. The van der Waals surface area contributed by atoms with Crippen molar-refractivity contribution in [2.45, 2.75) is 24.7 Å². The van der Waals surface area contributed by atoms with Gasteiger partial charge in [0, 0.05) is 11.1 Å². The summed E-state index contributed by atoms with van der Waals surface area (Å²) in [5.74, 6) is -0.534. The molecule has 0 aromatic heterocycles. The molecule has 8 heteroatoms. The lowest BCUT2D eigenvalue weighted by Gasteiger charge is -2.15. The fourth-order valence-electron chi connectivity index (χ4n) is 2.73. The number of rotatable bonds is 3. The van der Waals surface area contributed by atoms with Crippen molar-refractivity contribution in [1.82, 2.24) is 10.9 Å². The lowest BCUT2D eigenvalue weighted by molar-refractivity contribution is -0.137. The molecule has 2 aromatic carbocycles. The van der Waals surface area contributed by atoms with Crippen molar-refractivity contribution in [3.63, 3.8) is 0 Å². The molecular formula is C17H15ClF3N3O. The summed E-state index contributed by atoms with van der Waals surface area (Å²) in [5, 5.41) is 2.93. The lowest BCUT2D eigenvalue weighted by Crippen LogP contribution is -2.39. The molecule has 0 saturated carbocycles. The first-order valence-electron chi connectivity index (χ1n) is 7.58. The van der Waals surface area contributed by atoms with E-state index >= 15 is 0 Å². The van der Waals surface area contributed by atoms with Gasteiger partial charge in [0.2, 0.25) is 5.91 Å². The third-order valence-electron chi connectivity index (χ3n) is 3.96. The van der Waals surface area contributed by atoms with Gasteiger partial charge in [0.25, 0.3) is 0 Å². The van der Waals surface area contributed by atoms with Gasteiger partial charge >= 0.3 is 6.18 Å². The standard InChI is InChI=1S/C17H15ClF3N3O/c18-11-5-3-4-10(8-11)14-9-15(24-23-14)16(25)22-13-7-2-1-6-12(13)17(19,20)21/h1-8,14-15,23-24H,9H2,(H,22,25). The molecule has 3 N–H and O–H groups in total. The normalized spacial score (nSPS) is 20.5. The molecular weight excluding hydrogens is 355 g/mol. The molecule has 25 heavy (non-hydrogen) atoms. The molecule has 4 nitrogen and oxygen atoms in total. The molecule has 1 aliphatic rings. The molecule has 1 aliphatic heterocycles. The summed E-state index contributed by atoms with van der Waals surface area (Å²) in [6.45, 7) is 0. The van der Waals surface area contributed by atoms with E-state index < -0.39 is 23.7 Å². The van der Waals surface area contributed by atoms with Crippen LogP contribution in [0.4, 0.5) is 18.9 Å². The van der Waals surface area contributed by atoms with Crippen molar-refractivity contribution in [2.24, 2.45) is 0 Å². The van der Waals surface area contributed by atoms with E-state index in [-0.39, 0.29) is 11.7 Å². The first kappa shape index (κ1) is 17.7. The molecule has 2 atom stereocenters. The molecule has 0 bridgehead atoms. The maximum absolute atomic E-state index is 13.0. The summed E-state index contributed by atoms with van der Waals surface area (Å²) in [4.78, 5) is 12.3. The first-order chi connectivity index (χ1) is 11.8. The monoisotopic (exact) mass is 369 g/mol. The Kier molecular flexibility index (Phi) is 4.99. The maximum atomic E-state index is 13.0. The van der Waals surface area contributed by atoms with Crippen LogP contribution in [0.1, 0.15) is 23.6 Å². The Labute approximate surface area is 147 Å². The van der Waals surface area contributed by atoms with Gasteiger partial charge in [0.1, 0.15) is 6.04 Å². The largest absolute Gasteiger partial charge is 0.418 e. The van der Waals surface area contributed by atoms with Gasteiger partial charge in [-0.25, -0.2) is 10.9 Å². The number of nitrogens with one attached hydrogen (secondary N) is 3.